The Morgan fingerprint density at radius 2 is 0.625 bits per heavy atom. The van der Waals surface area contributed by atoms with Crippen molar-refractivity contribution in [2.75, 3.05) is 13.2 Å². The molecule has 0 amide bonds. The lowest BCUT2D eigenvalue weighted by Gasteiger charge is -2.18. The highest BCUT2D eigenvalue weighted by Crippen LogP contribution is 2.14. The zero-order valence-electron chi connectivity index (χ0n) is 46.4. The van der Waals surface area contributed by atoms with E-state index in [4.69, 9.17) is 14.2 Å². The molecule has 0 aliphatic carbocycles. The van der Waals surface area contributed by atoms with Crippen molar-refractivity contribution in [3.05, 3.63) is 134 Å². The summed E-state index contributed by atoms with van der Waals surface area (Å²) < 4.78 is 16.8. The first kappa shape index (κ1) is 67.5. The van der Waals surface area contributed by atoms with Crippen LogP contribution in [0.5, 0.6) is 0 Å². The number of allylic oxidation sites excluding steroid dienone is 22. The minimum absolute atomic E-state index is 0.117. The van der Waals surface area contributed by atoms with Gasteiger partial charge in [0, 0.05) is 19.3 Å². The second-order valence-electron chi connectivity index (χ2n) is 18.9. The molecule has 406 valence electrons. The molecule has 0 bridgehead atoms. The molecule has 0 saturated heterocycles. The zero-order chi connectivity index (χ0) is 52.2. The zero-order valence-corrected chi connectivity index (χ0v) is 46.4. The molecular weight excluding hydrogens is 889 g/mol. The molecule has 0 aliphatic heterocycles. The van der Waals surface area contributed by atoms with E-state index in [0.29, 0.717) is 12.8 Å². The molecular formula is C66H106O6. The summed E-state index contributed by atoms with van der Waals surface area (Å²) in [7, 11) is 0. The lowest BCUT2D eigenvalue weighted by Crippen LogP contribution is -2.30. The summed E-state index contributed by atoms with van der Waals surface area (Å²) >= 11 is 0. The van der Waals surface area contributed by atoms with Crippen LogP contribution in [0, 0.1) is 0 Å². The van der Waals surface area contributed by atoms with E-state index < -0.39 is 6.10 Å². The Hall–Kier alpha value is -4.45. The first-order valence-electron chi connectivity index (χ1n) is 29.2. The van der Waals surface area contributed by atoms with Gasteiger partial charge in [-0.05, 0) is 109 Å². The van der Waals surface area contributed by atoms with E-state index in [1.165, 1.54) is 96.3 Å². The quantitative estimate of drug-likeness (QED) is 0.0199. The molecule has 1 unspecified atom stereocenters. The van der Waals surface area contributed by atoms with E-state index in [1.54, 1.807) is 0 Å². The summed E-state index contributed by atoms with van der Waals surface area (Å²) in [6, 6.07) is 0. The van der Waals surface area contributed by atoms with Crippen molar-refractivity contribution in [3.8, 4) is 0 Å². The van der Waals surface area contributed by atoms with Gasteiger partial charge in [0.2, 0.25) is 0 Å². The van der Waals surface area contributed by atoms with E-state index in [2.05, 4.69) is 148 Å². The van der Waals surface area contributed by atoms with Gasteiger partial charge in [-0.15, -0.1) is 0 Å². The fourth-order valence-corrected chi connectivity index (χ4v) is 7.59. The van der Waals surface area contributed by atoms with Crippen LogP contribution in [0.25, 0.3) is 0 Å². The molecule has 0 N–H and O–H groups in total. The van der Waals surface area contributed by atoms with Gasteiger partial charge < -0.3 is 14.2 Å². The van der Waals surface area contributed by atoms with Gasteiger partial charge in [-0.2, -0.15) is 0 Å². The van der Waals surface area contributed by atoms with Crippen molar-refractivity contribution >= 4 is 17.9 Å². The molecule has 0 rings (SSSR count). The Morgan fingerprint density at radius 3 is 1.08 bits per heavy atom. The second-order valence-corrected chi connectivity index (χ2v) is 18.9. The monoisotopic (exact) mass is 995 g/mol. The average Bonchev–Trinajstić information content (AvgIpc) is 3.38. The van der Waals surface area contributed by atoms with Crippen LogP contribution in [0.4, 0.5) is 0 Å². The van der Waals surface area contributed by atoms with Crippen molar-refractivity contribution in [1.29, 1.82) is 0 Å². The highest BCUT2D eigenvalue weighted by Gasteiger charge is 2.19. The molecule has 72 heavy (non-hydrogen) atoms. The van der Waals surface area contributed by atoms with E-state index in [1.807, 2.05) is 6.08 Å². The topological polar surface area (TPSA) is 78.9 Å². The van der Waals surface area contributed by atoms with Gasteiger partial charge >= 0.3 is 17.9 Å². The van der Waals surface area contributed by atoms with Crippen molar-refractivity contribution in [2.45, 2.75) is 252 Å². The third-order valence-corrected chi connectivity index (χ3v) is 12.0. The van der Waals surface area contributed by atoms with Crippen LogP contribution in [0.1, 0.15) is 245 Å². The highest BCUT2D eigenvalue weighted by molar-refractivity contribution is 5.71. The first-order chi connectivity index (χ1) is 35.5. The van der Waals surface area contributed by atoms with Crippen molar-refractivity contribution < 1.29 is 28.6 Å². The summed E-state index contributed by atoms with van der Waals surface area (Å²) in [6.07, 6.45) is 83.0. The van der Waals surface area contributed by atoms with Gasteiger partial charge in [-0.3, -0.25) is 14.4 Å². The number of unbranched alkanes of at least 4 members (excludes halogenated alkanes) is 21. The predicted octanol–water partition coefficient (Wildman–Crippen LogP) is 19.8. The van der Waals surface area contributed by atoms with E-state index in [-0.39, 0.29) is 44.0 Å². The number of hydrogen-bond donors (Lipinski definition) is 0. The standard InChI is InChI=1S/C66H106O6/c1-4-7-10-13-16-19-22-25-28-31-33-36-38-41-44-47-50-53-56-59-65(68)71-62-63(61-70-64(67)58-55-52-49-46-43-40-37-34-30-27-24-21-18-15-12-9-6-3)72-66(69)60-57-54-51-48-45-42-39-35-32-29-26-23-20-17-14-11-8-5-2/h7,10,16-17,19-20,23,25-30,32-33,35-36,39,41,44,50,53,63H,4-6,8-9,11-15,18,21-22,24,31,34,37-38,40,42-43,45-49,51-52,54-62H2,1-3H3/b10-7-,19-16-,20-17-,26-23-,28-25-,30-27-,32-29-,36-33-,39-35-,44-41-,53-50-. The Balaban J connectivity index is 4.58. The largest absolute Gasteiger partial charge is 0.462 e. The van der Waals surface area contributed by atoms with Gasteiger partial charge in [-0.1, -0.05) is 251 Å². The molecule has 0 heterocycles. The fraction of sp³-hybridized carbons (Fsp3) is 0.621. The molecule has 0 aromatic rings. The Labute approximate surface area is 443 Å². The van der Waals surface area contributed by atoms with Crippen LogP contribution in [0.15, 0.2) is 134 Å². The molecule has 0 aliphatic rings. The molecule has 0 saturated carbocycles. The summed E-state index contributed by atoms with van der Waals surface area (Å²) in [5.41, 5.74) is 0. The lowest BCUT2D eigenvalue weighted by molar-refractivity contribution is -0.166. The van der Waals surface area contributed by atoms with Crippen LogP contribution in [-0.4, -0.2) is 37.2 Å². The van der Waals surface area contributed by atoms with Crippen molar-refractivity contribution in [3.63, 3.8) is 0 Å². The summed E-state index contributed by atoms with van der Waals surface area (Å²) in [5, 5.41) is 0. The van der Waals surface area contributed by atoms with Crippen molar-refractivity contribution in [2.24, 2.45) is 0 Å². The smallest absolute Gasteiger partial charge is 0.306 e. The molecule has 0 radical (unpaired) electrons. The Morgan fingerprint density at radius 1 is 0.306 bits per heavy atom. The summed E-state index contributed by atoms with van der Waals surface area (Å²) in [5.74, 6) is -1.04. The SMILES string of the molecule is CC/C=C\C/C=C\C/C=C\C/C=C\C/C=C\C/C=C\CCC(=O)OCC(COC(=O)CCCCCCCCC/C=C\CCCCCCCC)OC(=O)CCCCCCC\C=C/C=C\C=C/C=C\CCCCC. The maximum Gasteiger partial charge on any atom is 0.306 e. The minimum atomic E-state index is -0.829. The van der Waals surface area contributed by atoms with Crippen LogP contribution in [0.3, 0.4) is 0 Å². The van der Waals surface area contributed by atoms with Gasteiger partial charge in [-0.25, -0.2) is 0 Å². The number of rotatable bonds is 51. The molecule has 0 aromatic carbocycles. The molecule has 6 heteroatoms. The summed E-state index contributed by atoms with van der Waals surface area (Å²) in [4.78, 5) is 38.2. The third-order valence-electron chi connectivity index (χ3n) is 12.0. The number of carbonyl (C=O) groups is 3. The molecule has 0 aromatic heterocycles. The average molecular weight is 996 g/mol. The fourth-order valence-electron chi connectivity index (χ4n) is 7.59. The van der Waals surface area contributed by atoms with Crippen LogP contribution in [-0.2, 0) is 28.6 Å². The highest BCUT2D eigenvalue weighted by atomic mass is 16.6. The summed E-state index contributed by atoms with van der Waals surface area (Å²) in [6.45, 7) is 6.39. The number of ether oxygens (including phenoxy) is 3. The third kappa shape index (κ3) is 56.5. The predicted molar refractivity (Wildman–Crippen MR) is 311 cm³/mol. The van der Waals surface area contributed by atoms with Gasteiger partial charge in [0.05, 0.1) is 0 Å². The van der Waals surface area contributed by atoms with E-state index >= 15 is 0 Å². The Kier molecular flexibility index (Phi) is 55.5. The van der Waals surface area contributed by atoms with Gasteiger partial charge in [0.1, 0.15) is 13.2 Å². The maximum atomic E-state index is 12.9. The van der Waals surface area contributed by atoms with E-state index in [9.17, 15) is 14.4 Å². The van der Waals surface area contributed by atoms with E-state index in [0.717, 1.165) is 103 Å². The van der Waals surface area contributed by atoms with Crippen LogP contribution in [0.2, 0.25) is 0 Å². The normalized spacial score (nSPS) is 13.1. The molecule has 1 atom stereocenters. The first-order valence-corrected chi connectivity index (χ1v) is 29.2. The number of esters is 3. The molecule has 0 fully saturated rings. The maximum absolute atomic E-state index is 12.9. The lowest BCUT2D eigenvalue weighted by atomic mass is 10.1. The number of hydrogen-bond acceptors (Lipinski definition) is 6. The number of carbonyl (C=O) groups excluding carboxylic acids is 3. The van der Waals surface area contributed by atoms with Gasteiger partial charge in [0.25, 0.3) is 0 Å². The minimum Gasteiger partial charge on any atom is -0.462 e. The second kappa shape index (κ2) is 59.1. The van der Waals surface area contributed by atoms with Crippen molar-refractivity contribution in [1.82, 2.24) is 0 Å². The Bertz CT molecular complexity index is 1560. The van der Waals surface area contributed by atoms with Crippen LogP contribution >= 0.6 is 0 Å². The van der Waals surface area contributed by atoms with Crippen LogP contribution < -0.4 is 0 Å². The molecule has 6 nitrogen and oxygen atoms in total. The molecule has 0 spiro atoms. The van der Waals surface area contributed by atoms with Gasteiger partial charge in [0.15, 0.2) is 6.10 Å².